The maximum absolute atomic E-state index is 5.28. The number of rotatable bonds is 1. The van der Waals surface area contributed by atoms with E-state index in [0.29, 0.717) is 0 Å². The normalized spacial score (nSPS) is 12.5. The van der Waals surface area contributed by atoms with Crippen molar-refractivity contribution in [2.45, 2.75) is 6.42 Å². The first kappa shape index (κ1) is 9.65. The molecule has 0 fully saturated rings. The van der Waals surface area contributed by atoms with Gasteiger partial charge in [0, 0.05) is 24.4 Å². The molecule has 3 aromatic rings. The van der Waals surface area contributed by atoms with Crippen molar-refractivity contribution in [1.82, 2.24) is 14.4 Å². The molecular formula is C14H11N3O. The lowest BCUT2D eigenvalue weighted by atomic mass is 10.1. The lowest BCUT2D eigenvalue weighted by Gasteiger charge is -2.03. The number of ether oxygens (including phenoxy) is 1. The van der Waals surface area contributed by atoms with Crippen LogP contribution in [0.1, 0.15) is 11.3 Å². The summed E-state index contributed by atoms with van der Waals surface area (Å²) in [7, 11) is 1.68. The molecule has 0 aliphatic heterocycles. The fourth-order valence-electron chi connectivity index (χ4n) is 2.56. The number of hydrogen-bond donors (Lipinski definition) is 0. The number of imidazole rings is 1. The van der Waals surface area contributed by atoms with Crippen LogP contribution in [0.4, 0.5) is 0 Å². The van der Waals surface area contributed by atoms with Gasteiger partial charge in [-0.3, -0.25) is 4.40 Å². The van der Waals surface area contributed by atoms with Crippen molar-refractivity contribution >= 4 is 5.78 Å². The fourth-order valence-corrected chi connectivity index (χ4v) is 2.56. The van der Waals surface area contributed by atoms with Crippen LogP contribution in [0.15, 0.2) is 36.7 Å². The second kappa shape index (κ2) is 3.32. The van der Waals surface area contributed by atoms with Crippen LogP contribution in [0.2, 0.25) is 0 Å². The summed E-state index contributed by atoms with van der Waals surface area (Å²) in [5.74, 6) is 1.63. The summed E-state index contributed by atoms with van der Waals surface area (Å²) in [4.78, 5) is 8.89. The zero-order chi connectivity index (χ0) is 12.1. The number of fused-ring (bicyclic) bond motifs is 5. The Morgan fingerprint density at radius 1 is 1.33 bits per heavy atom. The zero-order valence-corrected chi connectivity index (χ0v) is 9.92. The molecule has 4 rings (SSSR count). The molecule has 1 aliphatic rings. The molecule has 18 heavy (non-hydrogen) atoms. The third kappa shape index (κ3) is 1.14. The molecule has 4 nitrogen and oxygen atoms in total. The van der Waals surface area contributed by atoms with Crippen molar-refractivity contribution in [3.63, 3.8) is 0 Å². The molecule has 0 spiro atoms. The first-order valence-corrected chi connectivity index (χ1v) is 5.86. The van der Waals surface area contributed by atoms with E-state index in [4.69, 9.17) is 4.74 Å². The molecule has 0 unspecified atom stereocenters. The van der Waals surface area contributed by atoms with Gasteiger partial charge < -0.3 is 4.74 Å². The number of nitrogens with zero attached hydrogens (tertiary/aromatic N) is 3. The second-order valence-electron chi connectivity index (χ2n) is 4.40. The van der Waals surface area contributed by atoms with Crippen molar-refractivity contribution in [2.24, 2.45) is 0 Å². The Balaban J connectivity index is 2.02. The molecule has 2 aromatic heterocycles. The minimum atomic E-state index is 0.760. The van der Waals surface area contributed by atoms with E-state index in [0.717, 1.165) is 29.2 Å². The summed E-state index contributed by atoms with van der Waals surface area (Å²) in [6, 6.07) is 8.08. The van der Waals surface area contributed by atoms with Gasteiger partial charge in [-0.15, -0.1) is 0 Å². The lowest BCUT2D eigenvalue weighted by Crippen LogP contribution is -1.92. The molecule has 0 atom stereocenters. The highest BCUT2D eigenvalue weighted by atomic mass is 16.5. The van der Waals surface area contributed by atoms with E-state index < -0.39 is 0 Å². The molecule has 0 bridgehead atoms. The van der Waals surface area contributed by atoms with Gasteiger partial charge in [-0.25, -0.2) is 9.97 Å². The van der Waals surface area contributed by atoms with Gasteiger partial charge in [-0.05, 0) is 23.8 Å². The highest BCUT2D eigenvalue weighted by molar-refractivity contribution is 5.75. The first-order chi connectivity index (χ1) is 8.86. The van der Waals surface area contributed by atoms with Crippen LogP contribution in [-0.4, -0.2) is 21.5 Å². The van der Waals surface area contributed by atoms with Crippen LogP contribution in [0, 0.1) is 0 Å². The lowest BCUT2D eigenvalue weighted by molar-refractivity contribution is 0.415. The molecule has 1 aromatic carbocycles. The van der Waals surface area contributed by atoms with E-state index in [2.05, 4.69) is 20.4 Å². The van der Waals surface area contributed by atoms with Gasteiger partial charge in [0.15, 0.2) is 0 Å². The van der Waals surface area contributed by atoms with Gasteiger partial charge in [0.1, 0.15) is 5.75 Å². The Morgan fingerprint density at radius 3 is 3.17 bits per heavy atom. The van der Waals surface area contributed by atoms with Crippen molar-refractivity contribution in [2.75, 3.05) is 7.11 Å². The predicted octanol–water partition coefficient (Wildman–Crippen LogP) is 2.31. The highest BCUT2D eigenvalue weighted by Crippen LogP contribution is 2.38. The van der Waals surface area contributed by atoms with E-state index in [-0.39, 0.29) is 0 Å². The summed E-state index contributed by atoms with van der Waals surface area (Å²) in [5, 5.41) is 0. The summed E-state index contributed by atoms with van der Waals surface area (Å²) in [6.07, 6.45) is 4.68. The Morgan fingerprint density at radius 2 is 2.28 bits per heavy atom. The zero-order valence-electron chi connectivity index (χ0n) is 9.92. The SMILES string of the molecule is COc1ccc2c(c1)-c1nc3ncccn3c1C2. The van der Waals surface area contributed by atoms with Gasteiger partial charge in [-0.1, -0.05) is 6.07 Å². The van der Waals surface area contributed by atoms with Crippen LogP contribution < -0.4 is 4.74 Å². The molecule has 0 saturated carbocycles. The Labute approximate surface area is 104 Å². The number of aromatic nitrogens is 3. The summed E-state index contributed by atoms with van der Waals surface area (Å²) in [6.45, 7) is 0. The van der Waals surface area contributed by atoms with Crippen molar-refractivity contribution in [1.29, 1.82) is 0 Å². The van der Waals surface area contributed by atoms with E-state index >= 15 is 0 Å². The molecule has 0 saturated heterocycles. The maximum Gasteiger partial charge on any atom is 0.234 e. The average molecular weight is 237 g/mol. The molecule has 88 valence electrons. The Bertz CT molecular complexity index is 761. The van der Waals surface area contributed by atoms with Crippen molar-refractivity contribution in [3.8, 4) is 17.0 Å². The monoisotopic (exact) mass is 237 g/mol. The quantitative estimate of drug-likeness (QED) is 0.510. The second-order valence-corrected chi connectivity index (χ2v) is 4.40. The van der Waals surface area contributed by atoms with Crippen LogP contribution in [0.3, 0.4) is 0 Å². The highest BCUT2D eigenvalue weighted by Gasteiger charge is 2.24. The number of methoxy groups -OCH3 is 1. The molecule has 2 heterocycles. The third-order valence-corrected chi connectivity index (χ3v) is 3.43. The number of benzene rings is 1. The standard InChI is InChI=1S/C14H11N3O/c1-18-10-4-3-9-7-12-13(11(9)8-10)16-14-15-5-2-6-17(12)14/h2-6,8H,7H2,1H3. The van der Waals surface area contributed by atoms with E-state index in [9.17, 15) is 0 Å². The van der Waals surface area contributed by atoms with Crippen LogP contribution >= 0.6 is 0 Å². The van der Waals surface area contributed by atoms with Crippen molar-refractivity contribution < 1.29 is 4.74 Å². The Hall–Kier alpha value is -2.36. The minimum Gasteiger partial charge on any atom is -0.497 e. The van der Waals surface area contributed by atoms with E-state index in [1.807, 2.05) is 24.4 Å². The van der Waals surface area contributed by atoms with Gasteiger partial charge in [-0.2, -0.15) is 0 Å². The van der Waals surface area contributed by atoms with Gasteiger partial charge in [0.05, 0.1) is 18.5 Å². The van der Waals surface area contributed by atoms with Gasteiger partial charge in [0.25, 0.3) is 0 Å². The molecule has 0 amide bonds. The smallest absolute Gasteiger partial charge is 0.234 e. The third-order valence-electron chi connectivity index (χ3n) is 3.43. The van der Waals surface area contributed by atoms with Crippen LogP contribution in [0.25, 0.3) is 17.0 Å². The van der Waals surface area contributed by atoms with E-state index in [1.54, 1.807) is 13.3 Å². The first-order valence-electron chi connectivity index (χ1n) is 5.86. The summed E-state index contributed by atoms with van der Waals surface area (Å²) < 4.78 is 7.34. The van der Waals surface area contributed by atoms with Crippen LogP contribution in [0.5, 0.6) is 5.75 Å². The predicted molar refractivity (Wildman–Crippen MR) is 67.8 cm³/mol. The summed E-state index contributed by atoms with van der Waals surface area (Å²) >= 11 is 0. The number of hydrogen-bond acceptors (Lipinski definition) is 3. The van der Waals surface area contributed by atoms with Gasteiger partial charge >= 0.3 is 0 Å². The van der Waals surface area contributed by atoms with Gasteiger partial charge in [0.2, 0.25) is 5.78 Å². The molecule has 0 N–H and O–H groups in total. The Kier molecular flexibility index (Phi) is 1.78. The largest absolute Gasteiger partial charge is 0.497 e. The minimum absolute atomic E-state index is 0.760. The molecule has 0 radical (unpaired) electrons. The molecular weight excluding hydrogens is 226 g/mol. The van der Waals surface area contributed by atoms with E-state index in [1.165, 1.54) is 11.3 Å². The topological polar surface area (TPSA) is 39.4 Å². The van der Waals surface area contributed by atoms with Crippen molar-refractivity contribution in [3.05, 3.63) is 47.9 Å². The molecule has 1 aliphatic carbocycles. The van der Waals surface area contributed by atoms with Crippen LogP contribution in [-0.2, 0) is 6.42 Å². The fraction of sp³-hybridized carbons (Fsp3) is 0.143. The average Bonchev–Trinajstić information content (AvgIpc) is 2.94. The summed E-state index contributed by atoms with van der Waals surface area (Å²) in [5.41, 5.74) is 4.70. The molecule has 4 heteroatoms. The maximum atomic E-state index is 5.28.